The van der Waals surface area contributed by atoms with E-state index in [0.717, 1.165) is 41.9 Å². The van der Waals surface area contributed by atoms with Crippen molar-refractivity contribution >= 4 is 17.1 Å². The van der Waals surface area contributed by atoms with Crippen LogP contribution in [-0.2, 0) is 0 Å². The van der Waals surface area contributed by atoms with Gasteiger partial charge in [0.2, 0.25) is 0 Å². The highest BCUT2D eigenvalue weighted by atomic mass is 15.2. The van der Waals surface area contributed by atoms with Crippen LogP contribution in [0.2, 0.25) is 0 Å². The Morgan fingerprint density at radius 3 is 2.40 bits per heavy atom. The zero-order chi connectivity index (χ0) is 18.1. The minimum absolute atomic E-state index is 0.392. The third-order valence-electron chi connectivity index (χ3n) is 5.19. The van der Waals surface area contributed by atoms with Crippen LogP contribution in [0.15, 0.2) is 30.3 Å². The van der Waals surface area contributed by atoms with Crippen LogP contribution in [0.3, 0.4) is 0 Å². The van der Waals surface area contributed by atoms with Gasteiger partial charge in [0, 0.05) is 24.7 Å². The first-order valence-corrected chi connectivity index (χ1v) is 8.54. The molecule has 1 atom stereocenters. The van der Waals surface area contributed by atoms with E-state index in [9.17, 15) is 5.26 Å². The molecule has 1 heterocycles. The maximum atomic E-state index is 9.56. The molecule has 0 saturated carbocycles. The van der Waals surface area contributed by atoms with Crippen molar-refractivity contribution in [1.82, 2.24) is 4.90 Å². The van der Waals surface area contributed by atoms with Crippen LogP contribution in [0.1, 0.15) is 17.5 Å². The molecular formula is C20H25N5. The standard InChI is InChI=1S/C20H25N5/c1-13-16(11-21)18(22)19(23)20(17(13)14-7-5-4-6-8-14)25-10-9-15(12-25)24(2)3/h4-8,15H,9-10,12,22-23H2,1-3H3. The molecule has 0 amide bonds. The van der Waals surface area contributed by atoms with Crippen molar-refractivity contribution < 1.29 is 0 Å². The number of anilines is 3. The average molecular weight is 335 g/mol. The lowest BCUT2D eigenvalue weighted by Gasteiger charge is -2.28. The molecule has 2 aromatic carbocycles. The first-order chi connectivity index (χ1) is 12.0. The average Bonchev–Trinajstić information content (AvgIpc) is 3.09. The van der Waals surface area contributed by atoms with Crippen LogP contribution in [0.5, 0.6) is 0 Å². The summed E-state index contributed by atoms with van der Waals surface area (Å²) in [6.07, 6.45) is 1.08. The summed E-state index contributed by atoms with van der Waals surface area (Å²) in [5, 5.41) is 9.56. The molecule has 1 saturated heterocycles. The van der Waals surface area contributed by atoms with Gasteiger partial charge >= 0.3 is 0 Å². The van der Waals surface area contributed by atoms with Crippen LogP contribution in [-0.4, -0.2) is 38.1 Å². The summed E-state index contributed by atoms with van der Waals surface area (Å²) >= 11 is 0. The summed E-state index contributed by atoms with van der Waals surface area (Å²) in [5.74, 6) is 0. The molecule has 0 radical (unpaired) electrons. The molecule has 130 valence electrons. The Bertz CT molecular complexity index is 820. The Hall–Kier alpha value is -2.71. The quantitative estimate of drug-likeness (QED) is 0.843. The van der Waals surface area contributed by atoms with Gasteiger partial charge in [0.05, 0.1) is 22.6 Å². The van der Waals surface area contributed by atoms with Gasteiger partial charge in [0.15, 0.2) is 0 Å². The fraction of sp³-hybridized carbons (Fsp3) is 0.350. The molecule has 0 aliphatic carbocycles. The van der Waals surface area contributed by atoms with Gasteiger partial charge < -0.3 is 21.3 Å². The van der Waals surface area contributed by atoms with E-state index < -0.39 is 0 Å². The smallest absolute Gasteiger partial charge is 0.102 e. The van der Waals surface area contributed by atoms with E-state index in [1.165, 1.54) is 0 Å². The molecule has 25 heavy (non-hydrogen) atoms. The van der Waals surface area contributed by atoms with Gasteiger partial charge in [0.1, 0.15) is 6.07 Å². The number of nitrogens with zero attached hydrogens (tertiary/aromatic N) is 3. The molecule has 2 aromatic rings. The summed E-state index contributed by atoms with van der Waals surface area (Å²) < 4.78 is 0. The summed E-state index contributed by atoms with van der Waals surface area (Å²) in [7, 11) is 4.21. The second-order valence-corrected chi connectivity index (χ2v) is 6.88. The van der Waals surface area contributed by atoms with E-state index in [4.69, 9.17) is 11.5 Å². The highest BCUT2D eigenvalue weighted by molar-refractivity contribution is 5.97. The Balaban J connectivity index is 2.22. The highest BCUT2D eigenvalue weighted by Crippen LogP contribution is 2.45. The molecule has 1 aliphatic rings. The Morgan fingerprint density at radius 2 is 1.84 bits per heavy atom. The molecule has 3 rings (SSSR count). The van der Waals surface area contributed by atoms with Crippen LogP contribution in [0.4, 0.5) is 17.1 Å². The van der Waals surface area contributed by atoms with Gasteiger partial charge in [-0.2, -0.15) is 5.26 Å². The second-order valence-electron chi connectivity index (χ2n) is 6.88. The van der Waals surface area contributed by atoms with Crippen LogP contribution in [0.25, 0.3) is 11.1 Å². The van der Waals surface area contributed by atoms with E-state index in [0.29, 0.717) is 23.0 Å². The van der Waals surface area contributed by atoms with E-state index >= 15 is 0 Å². The third kappa shape index (κ3) is 2.90. The zero-order valence-corrected chi connectivity index (χ0v) is 15.1. The molecule has 4 N–H and O–H groups in total. The number of hydrogen-bond donors (Lipinski definition) is 2. The number of nitrogens with two attached hydrogens (primary N) is 2. The first-order valence-electron chi connectivity index (χ1n) is 8.54. The SMILES string of the molecule is Cc1c(C#N)c(N)c(N)c(N2CCC(N(C)C)C2)c1-c1ccccc1. The molecule has 5 heteroatoms. The van der Waals surface area contributed by atoms with Gasteiger partial charge in [-0.3, -0.25) is 0 Å². The minimum Gasteiger partial charge on any atom is -0.396 e. The molecule has 1 fully saturated rings. The van der Waals surface area contributed by atoms with Gasteiger partial charge in [0.25, 0.3) is 0 Å². The molecular weight excluding hydrogens is 310 g/mol. The number of nitriles is 1. The van der Waals surface area contributed by atoms with Crippen molar-refractivity contribution in [3.8, 4) is 17.2 Å². The predicted octanol–water partition coefficient (Wildman–Crippen LogP) is 2.84. The third-order valence-corrected chi connectivity index (χ3v) is 5.19. The summed E-state index contributed by atoms with van der Waals surface area (Å²) in [6, 6.07) is 12.8. The Kier molecular flexibility index (Phi) is 4.56. The van der Waals surface area contributed by atoms with Gasteiger partial charge in [-0.05, 0) is 38.6 Å². The van der Waals surface area contributed by atoms with E-state index in [-0.39, 0.29) is 0 Å². The maximum absolute atomic E-state index is 9.56. The molecule has 0 aromatic heterocycles. The lowest BCUT2D eigenvalue weighted by atomic mass is 9.92. The van der Waals surface area contributed by atoms with E-state index in [2.05, 4.69) is 42.1 Å². The van der Waals surface area contributed by atoms with E-state index in [1.54, 1.807) is 0 Å². The number of hydrogen-bond acceptors (Lipinski definition) is 5. The van der Waals surface area contributed by atoms with Crippen molar-refractivity contribution in [1.29, 1.82) is 5.26 Å². The van der Waals surface area contributed by atoms with Crippen LogP contribution < -0.4 is 16.4 Å². The lowest BCUT2D eigenvalue weighted by Crippen LogP contribution is -2.32. The fourth-order valence-electron chi connectivity index (χ4n) is 3.70. The second kappa shape index (κ2) is 6.66. The normalized spacial score (nSPS) is 17.1. The summed E-state index contributed by atoms with van der Waals surface area (Å²) in [4.78, 5) is 4.56. The highest BCUT2D eigenvalue weighted by Gasteiger charge is 2.30. The van der Waals surface area contributed by atoms with Crippen molar-refractivity contribution in [2.75, 3.05) is 43.6 Å². The minimum atomic E-state index is 0.392. The number of likely N-dealkylation sites (N-methyl/N-ethyl adjacent to an activating group) is 1. The predicted molar refractivity (Wildman–Crippen MR) is 104 cm³/mol. The van der Waals surface area contributed by atoms with Crippen molar-refractivity contribution in [3.05, 3.63) is 41.5 Å². The van der Waals surface area contributed by atoms with Crippen molar-refractivity contribution in [2.45, 2.75) is 19.4 Å². The lowest BCUT2D eigenvalue weighted by molar-refractivity contribution is 0.315. The van der Waals surface area contributed by atoms with Gasteiger partial charge in [-0.15, -0.1) is 0 Å². The summed E-state index contributed by atoms with van der Waals surface area (Å²) in [5.41, 5.74) is 18.0. The number of rotatable bonds is 3. The molecule has 1 unspecified atom stereocenters. The van der Waals surface area contributed by atoms with E-state index in [1.807, 2.05) is 25.1 Å². The summed E-state index contributed by atoms with van der Waals surface area (Å²) in [6.45, 7) is 3.79. The first kappa shape index (κ1) is 17.1. The van der Waals surface area contributed by atoms with Crippen LogP contribution in [0, 0.1) is 18.3 Å². The largest absolute Gasteiger partial charge is 0.396 e. The maximum Gasteiger partial charge on any atom is 0.102 e. The molecule has 0 bridgehead atoms. The Morgan fingerprint density at radius 1 is 1.16 bits per heavy atom. The molecule has 1 aliphatic heterocycles. The topological polar surface area (TPSA) is 82.3 Å². The molecule has 0 spiro atoms. The number of benzene rings is 2. The molecule has 5 nitrogen and oxygen atoms in total. The van der Waals surface area contributed by atoms with Crippen LogP contribution >= 0.6 is 0 Å². The van der Waals surface area contributed by atoms with Gasteiger partial charge in [-0.25, -0.2) is 0 Å². The van der Waals surface area contributed by atoms with Gasteiger partial charge in [-0.1, -0.05) is 30.3 Å². The number of nitrogen functional groups attached to an aromatic ring is 2. The van der Waals surface area contributed by atoms with Crippen molar-refractivity contribution in [3.63, 3.8) is 0 Å². The Labute approximate surface area is 149 Å². The fourth-order valence-corrected chi connectivity index (χ4v) is 3.70. The zero-order valence-electron chi connectivity index (χ0n) is 15.1. The van der Waals surface area contributed by atoms with Crippen molar-refractivity contribution in [2.24, 2.45) is 0 Å². The monoisotopic (exact) mass is 335 g/mol.